The Kier molecular flexibility index (Phi) is 11.6. The Morgan fingerprint density at radius 2 is 1.54 bits per heavy atom. The van der Waals surface area contributed by atoms with Gasteiger partial charge < -0.3 is 42.3 Å². The molecule has 39 heavy (non-hydrogen) atoms. The van der Waals surface area contributed by atoms with Crippen molar-refractivity contribution < 1.29 is 38.7 Å². The van der Waals surface area contributed by atoms with Gasteiger partial charge in [-0.25, -0.2) is 4.79 Å². The van der Waals surface area contributed by atoms with Crippen LogP contribution in [0.1, 0.15) is 52.4 Å². The van der Waals surface area contributed by atoms with Crippen LogP contribution in [-0.2, 0) is 33.6 Å². The average Bonchev–Trinajstić information content (AvgIpc) is 3.54. The number of hydrogen-bond donors (Lipinski definition) is 6. The molecule has 2 rings (SSSR count). The SMILES string of the molecule is CC(C)C[C@H](NC(=O)CNC(=O)[C@@H](N)CC(N)=O)C(=O)N1CCC[C@H]1C(=O)NCC(=O)N1CCC[C@H]1C(=O)O. The van der Waals surface area contributed by atoms with E-state index >= 15 is 0 Å². The largest absolute Gasteiger partial charge is 0.480 e. The molecule has 0 spiro atoms. The van der Waals surface area contributed by atoms with Crippen molar-refractivity contribution in [2.24, 2.45) is 17.4 Å². The fourth-order valence-corrected chi connectivity index (χ4v) is 4.75. The zero-order valence-electron chi connectivity index (χ0n) is 22.3. The predicted molar refractivity (Wildman–Crippen MR) is 136 cm³/mol. The molecule has 2 aliphatic heterocycles. The van der Waals surface area contributed by atoms with E-state index in [0.29, 0.717) is 32.2 Å². The number of carbonyl (C=O) groups is 7. The monoisotopic (exact) mass is 553 g/mol. The third-order valence-corrected chi connectivity index (χ3v) is 6.63. The number of carboxylic acid groups (broad SMARTS) is 1. The molecule has 0 aromatic carbocycles. The summed E-state index contributed by atoms with van der Waals surface area (Å²) in [6.45, 7) is 3.44. The summed E-state index contributed by atoms with van der Waals surface area (Å²) in [6.07, 6.45) is 1.71. The average molecular weight is 554 g/mol. The van der Waals surface area contributed by atoms with Gasteiger partial charge in [0.15, 0.2) is 0 Å². The fraction of sp³-hybridized carbons (Fsp3) is 0.708. The van der Waals surface area contributed by atoms with Crippen molar-refractivity contribution >= 4 is 41.4 Å². The summed E-state index contributed by atoms with van der Waals surface area (Å²) in [5.74, 6) is -4.76. The molecule has 0 bridgehead atoms. The van der Waals surface area contributed by atoms with Crippen LogP contribution in [0.4, 0.5) is 0 Å². The third-order valence-electron chi connectivity index (χ3n) is 6.63. The topological polar surface area (TPSA) is 234 Å². The molecule has 0 saturated carbocycles. The summed E-state index contributed by atoms with van der Waals surface area (Å²) in [6, 6.07) is -3.94. The molecule has 4 atom stereocenters. The Hall–Kier alpha value is -3.75. The molecule has 2 aliphatic rings. The molecule has 0 radical (unpaired) electrons. The summed E-state index contributed by atoms with van der Waals surface area (Å²) in [5.41, 5.74) is 10.6. The van der Waals surface area contributed by atoms with Gasteiger partial charge in [-0.15, -0.1) is 0 Å². The molecular weight excluding hydrogens is 514 g/mol. The molecule has 6 amide bonds. The summed E-state index contributed by atoms with van der Waals surface area (Å²) < 4.78 is 0. The molecule has 0 unspecified atom stereocenters. The number of nitrogens with two attached hydrogens (primary N) is 2. The van der Waals surface area contributed by atoms with Gasteiger partial charge in [0.05, 0.1) is 25.6 Å². The molecule has 0 aromatic heterocycles. The second kappa shape index (κ2) is 14.4. The lowest BCUT2D eigenvalue weighted by molar-refractivity contribution is -0.148. The Morgan fingerprint density at radius 1 is 0.923 bits per heavy atom. The molecule has 0 aliphatic carbocycles. The Labute approximate surface area is 226 Å². The van der Waals surface area contributed by atoms with E-state index < -0.39 is 72.1 Å². The van der Waals surface area contributed by atoms with Gasteiger partial charge >= 0.3 is 5.97 Å². The minimum atomic E-state index is -1.21. The number of aliphatic carboxylic acids is 1. The summed E-state index contributed by atoms with van der Waals surface area (Å²) in [7, 11) is 0. The first-order valence-electron chi connectivity index (χ1n) is 13.0. The predicted octanol–water partition coefficient (Wildman–Crippen LogP) is -2.98. The van der Waals surface area contributed by atoms with Crippen molar-refractivity contribution in [2.45, 2.75) is 76.5 Å². The van der Waals surface area contributed by atoms with Crippen molar-refractivity contribution in [2.75, 3.05) is 26.2 Å². The van der Waals surface area contributed by atoms with E-state index in [1.165, 1.54) is 9.80 Å². The fourth-order valence-electron chi connectivity index (χ4n) is 4.75. The zero-order chi connectivity index (χ0) is 29.3. The van der Waals surface area contributed by atoms with E-state index in [4.69, 9.17) is 11.5 Å². The smallest absolute Gasteiger partial charge is 0.326 e. The van der Waals surface area contributed by atoms with Gasteiger partial charge in [0.1, 0.15) is 18.1 Å². The number of nitrogens with zero attached hydrogens (tertiary/aromatic N) is 2. The summed E-state index contributed by atoms with van der Waals surface area (Å²) in [4.78, 5) is 88.1. The van der Waals surface area contributed by atoms with Gasteiger partial charge in [-0.3, -0.25) is 28.8 Å². The first kappa shape index (κ1) is 31.5. The number of rotatable bonds is 13. The molecular formula is C24H39N7O8. The number of hydrogen-bond acceptors (Lipinski definition) is 8. The van der Waals surface area contributed by atoms with Crippen molar-refractivity contribution in [3.8, 4) is 0 Å². The van der Waals surface area contributed by atoms with E-state index in [1.54, 1.807) is 0 Å². The first-order chi connectivity index (χ1) is 18.3. The minimum absolute atomic E-state index is 0.00738. The van der Waals surface area contributed by atoms with Gasteiger partial charge in [0.25, 0.3) is 0 Å². The lowest BCUT2D eigenvalue weighted by atomic mass is 10.0. The van der Waals surface area contributed by atoms with Crippen LogP contribution in [0.3, 0.4) is 0 Å². The zero-order valence-corrected chi connectivity index (χ0v) is 22.3. The molecule has 0 aromatic rings. The number of carbonyl (C=O) groups excluding carboxylic acids is 6. The maximum Gasteiger partial charge on any atom is 0.326 e. The number of likely N-dealkylation sites (tertiary alicyclic amines) is 2. The molecule has 15 nitrogen and oxygen atoms in total. The molecule has 2 saturated heterocycles. The van der Waals surface area contributed by atoms with Gasteiger partial charge in [-0.05, 0) is 38.0 Å². The van der Waals surface area contributed by atoms with Crippen LogP contribution in [0.25, 0.3) is 0 Å². The number of primary amides is 1. The quantitative estimate of drug-likeness (QED) is 0.136. The Bertz CT molecular complexity index is 972. The first-order valence-corrected chi connectivity index (χ1v) is 13.0. The van der Waals surface area contributed by atoms with Crippen LogP contribution < -0.4 is 27.4 Å². The highest BCUT2D eigenvalue weighted by atomic mass is 16.4. The highest BCUT2D eigenvalue weighted by molar-refractivity contribution is 5.95. The highest BCUT2D eigenvalue weighted by Gasteiger charge is 2.39. The van der Waals surface area contributed by atoms with Crippen molar-refractivity contribution in [3.05, 3.63) is 0 Å². The van der Waals surface area contributed by atoms with E-state index in [9.17, 15) is 38.7 Å². The number of amides is 6. The van der Waals surface area contributed by atoms with Crippen LogP contribution in [-0.4, -0.2) is 107 Å². The van der Waals surface area contributed by atoms with Crippen molar-refractivity contribution in [3.63, 3.8) is 0 Å². The van der Waals surface area contributed by atoms with E-state index in [-0.39, 0.29) is 31.8 Å². The van der Waals surface area contributed by atoms with Gasteiger partial charge in [0.2, 0.25) is 35.4 Å². The highest BCUT2D eigenvalue weighted by Crippen LogP contribution is 2.21. The normalized spacial score (nSPS) is 20.3. The summed E-state index contributed by atoms with van der Waals surface area (Å²) >= 11 is 0. The van der Waals surface area contributed by atoms with Gasteiger partial charge in [0, 0.05) is 13.1 Å². The summed E-state index contributed by atoms with van der Waals surface area (Å²) in [5, 5.41) is 16.7. The van der Waals surface area contributed by atoms with Gasteiger partial charge in [-0.1, -0.05) is 13.8 Å². The molecule has 8 N–H and O–H groups in total. The van der Waals surface area contributed by atoms with E-state index in [0.717, 1.165) is 0 Å². The van der Waals surface area contributed by atoms with Crippen molar-refractivity contribution in [1.29, 1.82) is 0 Å². The molecule has 218 valence electrons. The third kappa shape index (κ3) is 9.19. The second-order valence-electron chi connectivity index (χ2n) is 10.2. The van der Waals surface area contributed by atoms with E-state index in [2.05, 4.69) is 16.0 Å². The number of carboxylic acids is 1. The van der Waals surface area contributed by atoms with Crippen LogP contribution in [0.2, 0.25) is 0 Å². The number of nitrogens with one attached hydrogen (secondary N) is 3. The maximum absolute atomic E-state index is 13.4. The molecule has 2 heterocycles. The minimum Gasteiger partial charge on any atom is -0.480 e. The Morgan fingerprint density at radius 3 is 2.13 bits per heavy atom. The van der Waals surface area contributed by atoms with Gasteiger partial charge in [-0.2, -0.15) is 0 Å². The lowest BCUT2D eigenvalue weighted by Gasteiger charge is -2.30. The van der Waals surface area contributed by atoms with Crippen molar-refractivity contribution in [1.82, 2.24) is 25.8 Å². The maximum atomic E-state index is 13.4. The Balaban J connectivity index is 1.97. The second-order valence-corrected chi connectivity index (χ2v) is 10.2. The van der Waals surface area contributed by atoms with Crippen LogP contribution in [0.15, 0.2) is 0 Å². The molecule has 15 heteroatoms. The molecule has 2 fully saturated rings. The standard InChI is InChI=1S/C24H39N7O8/c1-13(2)9-15(29-19(33)11-27-21(35)14(25)10-18(26)32)23(37)31-8-3-5-16(31)22(36)28-12-20(34)30-7-4-6-17(30)24(38)39/h13-17H,3-12,25H2,1-2H3,(H2,26,32)(H,27,35)(H,28,36)(H,29,33)(H,38,39)/t14-,15-,16-,17-/m0/s1. The lowest BCUT2D eigenvalue weighted by Crippen LogP contribution is -2.56. The van der Waals surface area contributed by atoms with Crippen LogP contribution in [0.5, 0.6) is 0 Å². The van der Waals surface area contributed by atoms with E-state index in [1.807, 2.05) is 13.8 Å². The van der Waals surface area contributed by atoms with Crippen LogP contribution >= 0.6 is 0 Å². The van der Waals surface area contributed by atoms with Crippen LogP contribution in [0, 0.1) is 5.92 Å².